The molecule has 4 heterocycles. The number of sulfonamides is 1. The molecular formula is C45H49ClFN7O7S. The fraction of sp³-hybridized carbons (Fsp3) is 0.378. The lowest BCUT2D eigenvalue weighted by molar-refractivity contribution is -0.386. The van der Waals surface area contributed by atoms with E-state index < -0.39 is 43.7 Å². The van der Waals surface area contributed by atoms with Gasteiger partial charge in [0.2, 0.25) is 0 Å². The van der Waals surface area contributed by atoms with Crippen molar-refractivity contribution >= 4 is 55.5 Å². The van der Waals surface area contributed by atoms with Gasteiger partial charge < -0.3 is 24.7 Å². The van der Waals surface area contributed by atoms with E-state index in [1.54, 1.807) is 36.7 Å². The second kappa shape index (κ2) is 17.7. The van der Waals surface area contributed by atoms with Gasteiger partial charge in [-0.2, -0.15) is 0 Å². The third kappa shape index (κ3) is 9.73. The predicted octanol–water partition coefficient (Wildman–Crippen LogP) is 8.29. The van der Waals surface area contributed by atoms with Crippen LogP contribution >= 0.6 is 11.6 Å². The minimum Gasteiger partial charge on any atom is -0.483 e. The minimum absolute atomic E-state index is 0.0805. The molecule has 0 radical (unpaired) electrons. The van der Waals surface area contributed by atoms with Gasteiger partial charge in [-0.15, -0.1) is 0 Å². The molecule has 0 bridgehead atoms. The molecule has 2 aliphatic heterocycles. The first-order valence-corrected chi connectivity index (χ1v) is 22.6. The molecule has 2 aromatic heterocycles. The molecule has 17 heteroatoms. The molecule has 0 saturated carbocycles. The average Bonchev–Trinajstić information content (AvgIpc) is 3.74. The molecule has 62 heavy (non-hydrogen) atoms. The number of anilines is 1. The molecule has 8 rings (SSSR count). The van der Waals surface area contributed by atoms with Crippen LogP contribution in [0.15, 0.2) is 95.7 Å². The SMILES string of the molecule is CC1(C)CCC(CN2CCN(c3ccc(C(=O)NS(=O)(=O)c4ccc(OCC5(F)CCNCC5)c([N+](=O)[O-])c4)c(Oc4ccnc5[nH]ccc45)c3)CC2)=C(c2ccc(Cl)cc2)C1. The Kier molecular flexibility index (Phi) is 12.3. The lowest BCUT2D eigenvalue weighted by Gasteiger charge is -2.39. The molecule has 14 nitrogen and oxygen atoms in total. The maximum atomic E-state index is 15.2. The van der Waals surface area contributed by atoms with Crippen LogP contribution in [0.5, 0.6) is 17.2 Å². The lowest BCUT2D eigenvalue weighted by Crippen LogP contribution is -2.47. The Morgan fingerprint density at radius 1 is 0.968 bits per heavy atom. The molecule has 5 aromatic rings. The molecule has 2 saturated heterocycles. The predicted molar refractivity (Wildman–Crippen MR) is 236 cm³/mol. The summed E-state index contributed by atoms with van der Waals surface area (Å²) >= 11 is 6.23. The number of alkyl halides is 1. The standard InChI is InChI=1S/C45H49ClFN7O7S/c1-44(2)14-11-31(37(27-44)30-3-5-32(46)6-4-30)28-52-21-23-53(24-22-52)33-7-9-36(41(25-33)61-39-13-18-50-42-35(39)12-17-49-42)43(55)51-62(58,59)34-8-10-40(38(26-34)54(56)57)60-29-45(47)15-19-48-20-16-45/h3-10,12-13,17-18,25-26,48H,11,14-16,19-24,27-29H2,1-2H3,(H,49,50)(H,51,55). The van der Waals surface area contributed by atoms with E-state index in [1.807, 2.05) is 12.1 Å². The minimum atomic E-state index is -4.66. The van der Waals surface area contributed by atoms with Gasteiger partial charge in [0.1, 0.15) is 29.4 Å². The van der Waals surface area contributed by atoms with E-state index in [2.05, 4.69) is 55.8 Å². The third-order valence-corrected chi connectivity index (χ3v) is 13.6. The van der Waals surface area contributed by atoms with Gasteiger partial charge in [-0.25, -0.2) is 22.5 Å². The number of nitro groups is 1. The smallest absolute Gasteiger partial charge is 0.312 e. The van der Waals surface area contributed by atoms with Gasteiger partial charge in [0.15, 0.2) is 5.75 Å². The lowest BCUT2D eigenvalue weighted by atomic mass is 9.72. The first-order valence-electron chi connectivity index (χ1n) is 20.7. The van der Waals surface area contributed by atoms with Gasteiger partial charge in [0.05, 0.1) is 20.8 Å². The molecule has 0 atom stereocenters. The number of benzene rings is 3. The van der Waals surface area contributed by atoms with E-state index in [0.29, 0.717) is 43.0 Å². The van der Waals surface area contributed by atoms with Crippen molar-refractivity contribution in [3.05, 3.63) is 117 Å². The number of ether oxygens (including phenoxy) is 2. The zero-order valence-electron chi connectivity index (χ0n) is 34.6. The van der Waals surface area contributed by atoms with Crippen LogP contribution in [0.2, 0.25) is 5.02 Å². The molecule has 2 fully saturated rings. The number of carbonyl (C=O) groups excluding carboxylic acids is 1. The summed E-state index contributed by atoms with van der Waals surface area (Å²) in [5.74, 6) is -0.804. The van der Waals surface area contributed by atoms with Crippen LogP contribution in [0.1, 0.15) is 61.9 Å². The number of nitrogens with zero attached hydrogens (tertiary/aromatic N) is 4. The maximum Gasteiger partial charge on any atom is 0.312 e. The van der Waals surface area contributed by atoms with E-state index in [9.17, 15) is 23.3 Å². The summed E-state index contributed by atoms with van der Waals surface area (Å²) in [5.41, 5.74) is 3.18. The molecule has 0 spiro atoms. The fourth-order valence-electron chi connectivity index (χ4n) is 8.41. The summed E-state index contributed by atoms with van der Waals surface area (Å²) in [6.07, 6.45) is 6.77. The Labute approximate surface area is 364 Å². The number of H-pyrrole nitrogens is 1. The summed E-state index contributed by atoms with van der Waals surface area (Å²) in [6.45, 7) is 8.97. The Morgan fingerprint density at radius 3 is 2.47 bits per heavy atom. The number of piperidine rings is 1. The molecule has 3 aromatic carbocycles. The van der Waals surface area contributed by atoms with E-state index in [0.717, 1.165) is 67.8 Å². The summed E-state index contributed by atoms with van der Waals surface area (Å²) in [4.78, 5) is 36.7. The van der Waals surface area contributed by atoms with Crippen molar-refractivity contribution in [2.75, 3.05) is 57.3 Å². The first kappa shape index (κ1) is 43.1. The molecular weight excluding hydrogens is 837 g/mol. The number of fused-ring (bicyclic) bond motifs is 1. The number of aromatic nitrogens is 2. The van der Waals surface area contributed by atoms with Crippen LogP contribution in [-0.2, 0) is 10.0 Å². The normalized spacial score (nSPS) is 18.1. The zero-order chi connectivity index (χ0) is 43.6. The number of amides is 1. The van der Waals surface area contributed by atoms with E-state index in [1.165, 1.54) is 22.8 Å². The summed E-state index contributed by atoms with van der Waals surface area (Å²) in [6, 6.07) is 19.5. The number of halogens is 2. The first-order chi connectivity index (χ1) is 29.7. The highest BCUT2D eigenvalue weighted by molar-refractivity contribution is 7.90. The summed E-state index contributed by atoms with van der Waals surface area (Å²) < 4.78 is 56.5. The molecule has 1 aliphatic carbocycles. The van der Waals surface area contributed by atoms with Gasteiger partial charge >= 0.3 is 5.69 Å². The zero-order valence-corrected chi connectivity index (χ0v) is 36.2. The van der Waals surface area contributed by atoms with Crippen molar-refractivity contribution in [3.63, 3.8) is 0 Å². The Hall–Kier alpha value is -5.55. The van der Waals surface area contributed by atoms with Gasteiger partial charge in [-0.1, -0.05) is 43.2 Å². The van der Waals surface area contributed by atoms with Crippen molar-refractivity contribution in [1.82, 2.24) is 24.9 Å². The van der Waals surface area contributed by atoms with Gasteiger partial charge in [0, 0.05) is 68.0 Å². The van der Waals surface area contributed by atoms with Gasteiger partial charge in [-0.05, 0) is 110 Å². The fourth-order valence-corrected chi connectivity index (χ4v) is 9.52. The topological polar surface area (TPSA) is 172 Å². The van der Waals surface area contributed by atoms with Crippen LogP contribution in [0.4, 0.5) is 15.8 Å². The summed E-state index contributed by atoms with van der Waals surface area (Å²) in [5, 5.41) is 16.5. The number of allylic oxidation sites excluding steroid dienone is 1. The Morgan fingerprint density at radius 2 is 1.73 bits per heavy atom. The molecule has 1 amide bonds. The highest BCUT2D eigenvalue weighted by atomic mass is 35.5. The molecule has 0 unspecified atom stereocenters. The van der Waals surface area contributed by atoms with Crippen LogP contribution in [-0.4, -0.2) is 92.2 Å². The van der Waals surface area contributed by atoms with Crippen LogP contribution in [0, 0.1) is 15.5 Å². The second-order valence-electron chi connectivity index (χ2n) is 17.0. The van der Waals surface area contributed by atoms with Crippen molar-refractivity contribution in [3.8, 4) is 17.2 Å². The largest absolute Gasteiger partial charge is 0.483 e. The highest BCUT2D eigenvalue weighted by Crippen LogP contribution is 2.44. The monoisotopic (exact) mass is 885 g/mol. The average molecular weight is 886 g/mol. The highest BCUT2D eigenvalue weighted by Gasteiger charge is 2.35. The maximum absolute atomic E-state index is 15.2. The number of piperazine rings is 1. The van der Waals surface area contributed by atoms with Crippen molar-refractivity contribution in [2.24, 2.45) is 5.41 Å². The number of hydrogen-bond acceptors (Lipinski definition) is 11. The van der Waals surface area contributed by atoms with E-state index in [4.69, 9.17) is 21.1 Å². The third-order valence-electron chi connectivity index (χ3n) is 12.0. The van der Waals surface area contributed by atoms with Crippen molar-refractivity contribution < 1.29 is 32.0 Å². The van der Waals surface area contributed by atoms with E-state index in [-0.39, 0.29) is 35.3 Å². The van der Waals surface area contributed by atoms with Crippen LogP contribution in [0.3, 0.4) is 0 Å². The van der Waals surface area contributed by atoms with Crippen molar-refractivity contribution in [2.45, 2.75) is 56.5 Å². The van der Waals surface area contributed by atoms with Gasteiger partial charge in [0.25, 0.3) is 15.9 Å². The summed E-state index contributed by atoms with van der Waals surface area (Å²) in [7, 11) is -4.66. The number of carbonyl (C=O) groups is 1. The molecule has 3 N–H and O–H groups in total. The quantitative estimate of drug-likeness (QED) is 0.0768. The van der Waals surface area contributed by atoms with Crippen LogP contribution in [0.25, 0.3) is 16.6 Å². The number of rotatable bonds is 13. The molecule has 3 aliphatic rings. The second-order valence-corrected chi connectivity index (χ2v) is 19.2. The van der Waals surface area contributed by atoms with Gasteiger partial charge in [-0.3, -0.25) is 19.8 Å². The number of pyridine rings is 1. The Bertz CT molecular complexity index is 2620. The number of aromatic amines is 1. The molecule has 326 valence electrons. The number of nitro benzene ring substituents is 1. The van der Waals surface area contributed by atoms with E-state index >= 15 is 4.39 Å². The number of hydrogen-bond donors (Lipinski definition) is 3. The number of nitrogens with one attached hydrogen (secondary N) is 3. The van der Waals surface area contributed by atoms with Crippen molar-refractivity contribution in [1.29, 1.82) is 0 Å². The van der Waals surface area contributed by atoms with Crippen LogP contribution < -0.4 is 24.4 Å². The Balaban J connectivity index is 1.01.